The number of halogens is 1. The smallest absolute Gasteiger partial charge is 0.273 e. The summed E-state index contributed by atoms with van der Waals surface area (Å²) in [5, 5.41) is 6.67. The number of para-hydroxylation sites is 1. The van der Waals surface area contributed by atoms with Gasteiger partial charge in [-0.15, -0.1) is 0 Å². The summed E-state index contributed by atoms with van der Waals surface area (Å²) >= 11 is 0. The summed E-state index contributed by atoms with van der Waals surface area (Å²) in [6, 6.07) is 7.36. The highest BCUT2D eigenvalue weighted by Gasteiger charge is 2.06. The molecule has 1 N–H and O–H groups in total. The summed E-state index contributed by atoms with van der Waals surface area (Å²) in [7, 11) is 1.68. The first-order valence-corrected chi connectivity index (χ1v) is 4.74. The number of hydrogen-bond acceptors (Lipinski definition) is 3. The largest absolute Gasteiger partial charge is 0.387 e. The van der Waals surface area contributed by atoms with Gasteiger partial charge in [-0.3, -0.25) is 4.79 Å². The quantitative estimate of drug-likeness (QED) is 0.830. The standard InChI is InChI=1S/C11H10FN3O/c1-13-8-6-11(16)15(14-7-8)10-5-3-2-4-9(10)12/h2-7,13H,1H3. The van der Waals surface area contributed by atoms with E-state index < -0.39 is 5.82 Å². The molecule has 0 aliphatic heterocycles. The molecule has 0 saturated carbocycles. The van der Waals surface area contributed by atoms with Crippen LogP contribution in [0.25, 0.3) is 5.69 Å². The lowest BCUT2D eigenvalue weighted by Gasteiger charge is -2.06. The number of anilines is 1. The maximum atomic E-state index is 13.4. The maximum absolute atomic E-state index is 13.4. The van der Waals surface area contributed by atoms with E-state index in [-0.39, 0.29) is 11.2 Å². The highest BCUT2D eigenvalue weighted by Crippen LogP contribution is 2.09. The van der Waals surface area contributed by atoms with Crippen LogP contribution < -0.4 is 10.9 Å². The van der Waals surface area contributed by atoms with Gasteiger partial charge in [0.15, 0.2) is 0 Å². The van der Waals surface area contributed by atoms with Crippen LogP contribution in [0, 0.1) is 5.82 Å². The number of rotatable bonds is 2. The molecule has 2 rings (SSSR count). The van der Waals surface area contributed by atoms with Gasteiger partial charge in [-0.2, -0.15) is 9.78 Å². The SMILES string of the molecule is CNc1cnn(-c2ccccc2F)c(=O)c1. The molecule has 0 amide bonds. The maximum Gasteiger partial charge on any atom is 0.273 e. The van der Waals surface area contributed by atoms with Crippen LogP contribution in [0.3, 0.4) is 0 Å². The molecule has 2 aromatic rings. The molecule has 1 heterocycles. The average Bonchev–Trinajstić information content (AvgIpc) is 2.30. The van der Waals surface area contributed by atoms with Crippen LogP contribution in [0.15, 0.2) is 41.3 Å². The number of aromatic nitrogens is 2. The van der Waals surface area contributed by atoms with Crippen molar-refractivity contribution in [1.29, 1.82) is 0 Å². The highest BCUT2D eigenvalue weighted by molar-refractivity contribution is 5.40. The summed E-state index contributed by atoms with van der Waals surface area (Å²) < 4.78 is 14.4. The molecule has 1 aromatic heterocycles. The van der Waals surface area contributed by atoms with Gasteiger partial charge in [0.05, 0.1) is 11.9 Å². The van der Waals surface area contributed by atoms with Crippen LogP contribution in [0.1, 0.15) is 0 Å². The van der Waals surface area contributed by atoms with E-state index in [0.29, 0.717) is 5.69 Å². The monoisotopic (exact) mass is 219 g/mol. The van der Waals surface area contributed by atoms with Crippen LogP contribution in [0.5, 0.6) is 0 Å². The minimum Gasteiger partial charge on any atom is -0.387 e. The minimum atomic E-state index is -0.477. The third kappa shape index (κ3) is 1.79. The predicted molar refractivity (Wildman–Crippen MR) is 59.3 cm³/mol. The van der Waals surface area contributed by atoms with Crippen molar-refractivity contribution in [2.45, 2.75) is 0 Å². The molecule has 0 saturated heterocycles. The number of benzene rings is 1. The molecule has 0 spiro atoms. The second-order valence-electron chi connectivity index (χ2n) is 3.20. The van der Waals surface area contributed by atoms with Gasteiger partial charge in [0.25, 0.3) is 5.56 Å². The normalized spacial score (nSPS) is 10.1. The Morgan fingerprint density at radius 1 is 1.38 bits per heavy atom. The first kappa shape index (κ1) is 10.4. The van der Waals surface area contributed by atoms with Crippen molar-refractivity contribution in [2.75, 3.05) is 12.4 Å². The molecular formula is C11H10FN3O. The van der Waals surface area contributed by atoms with Gasteiger partial charge in [-0.25, -0.2) is 4.39 Å². The Hall–Kier alpha value is -2.17. The molecule has 0 atom stereocenters. The van der Waals surface area contributed by atoms with Gasteiger partial charge in [-0.1, -0.05) is 12.1 Å². The Morgan fingerprint density at radius 2 is 2.12 bits per heavy atom. The molecule has 0 aliphatic carbocycles. The van der Waals surface area contributed by atoms with Gasteiger partial charge in [0.1, 0.15) is 11.5 Å². The summed E-state index contributed by atoms with van der Waals surface area (Å²) in [4.78, 5) is 11.6. The fraction of sp³-hybridized carbons (Fsp3) is 0.0909. The van der Waals surface area contributed by atoms with Crippen molar-refractivity contribution in [3.8, 4) is 5.69 Å². The van der Waals surface area contributed by atoms with E-state index in [9.17, 15) is 9.18 Å². The fourth-order valence-electron chi connectivity index (χ4n) is 1.35. The first-order valence-electron chi connectivity index (χ1n) is 4.74. The van der Waals surface area contributed by atoms with Crippen molar-refractivity contribution in [3.05, 3.63) is 52.7 Å². The zero-order valence-corrected chi connectivity index (χ0v) is 8.64. The van der Waals surface area contributed by atoms with Crippen LogP contribution in [-0.4, -0.2) is 16.8 Å². The van der Waals surface area contributed by atoms with Crippen LogP contribution in [-0.2, 0) is 0 Å². The third-order valence-corrected chi connectivity index (χ3v) is 2.17. The van der Waals surface area contributed by atoms with E-state index in [2.05, 4.69) is 10.4 Å². The van der Waals surface area contributed by atoms with E-state index in [1.54, 1.807) is 19.2 Å². The lowest BCUT2D eigenvalue weighted by atomic mass is 10.3. The highest BCUT2D eigenvalue weighted by atomic mass is 19.1. The van der Waals surface area contributed by atoms with Gasteiger partial charge >= 0.3 is 0 Å². The van der Waals surface area contributed by atoms with Crippen LogP contribution in [0.2, 0.25) is 0 Å². The Balaban J connectivity index is 2.58. The zero-order chi connectivity index (χ0) is 11.5. The molecule has 0 fully saturated rings. The number of nitrogens with one attached hydrogen (secondary N) is 1. The van der Waals surface area contributed by atoms with Gasteiger partial charge in [0.2, 0.25) is 0 Å². The van der Waals surface area contributed by atoms with Crippen molar-refractivity contribution in [1.82, 2.24) is 9.78 Å². The molecule has 4 nitrogen and oxygen atoms in total. The minimum absolute atomic E-state index is 0.148. The number of nitrogens with zero attached hydrogens (tertiary/aromatic N) is 2. The molecule has 82 valence electrons. The van der Waals surface area contributed by atoms with E-state index in [0.717, 1.165) is 4.68 Å². The molecule has 5 heteroatoms. The second kappa shape index (κ2) is 4.14. The number of hydrogen-bond donors (Lipinski definition) is 1. The van der Waals surface area contributed by atoms with E-state index in [4.69, 9.17) is 0 Å². The Morgan fingerprint density at radius 3 is 2.75 bits per heavy atom. The van der Waals surface area contributed by atoms with Crippen LogP contribution in [0.4, 0.5) is 10.1 Å². The first-order chi connectivity index (χ1) is 7.72. The molecule has 0 aliphatic rings. The van der Waals surface area contributed by atoms with Crippen molar-refractivity contribution < 1.29 is 4.39 Å². The summed E-state index contributed by atoms with van der Waals surface area (Å²) in [5.41, 5.74) is 0.365. The second-order valence-corrected chi connectivity index (χ2v) is 3.20. The fourth-order valence-corrected chi connectivity index (χ4v) is 1.35. The Bertz CT molecular complexity index is 565. The molecule has 1 aromatic carbocycles. The predicted octanol–water partition coefficient (Wildman–Crippen LogP) is 1.41. The summed E-state index contributed by atoms with van der Waals surface area (Å²) in [6.07, 6.45) is 1.47. The van der Waals surface area contributed by atoms with Gasteiger partial charge in [0, 0.05) is 13.1 Å². The average molecular weight is 219 g/mol. The van der Waals surface area contributed by atoms with Crippen molar-refractivity contribution in [2.24, 2.45) is 0 Å². The van der Waals surface area contributed by atoms with E-state index in [1.807, 2.05) is 0 Å². The Kier molecular flexibility index (Phi) is 2.68. The molecular weight excluding hydrogens is 209 g/mol. The molecule has 0 unspecified atom stereocenters. The van der Waals surface area contributed by atoms with Gasteiger partial charge < -0.3 is 5.32 Å². The van der Waals surface area contributed by atoms with Crippen molar-refractivity contribution >= 4 is 5.69 Å². The summed E-state index contributed by atoms with van der Waals surface area (Å²) in [5.74, 6) is -0.477. The topological polar surface area (TPSA) is 46.9 Å². The lowest BCUT2D eigenvalue weighted by molar-refractivity contribution is 0.605. The summed E-state index contributed by atoms with van der Waals surface area (Å²) in [6.45, 7) is 0. The van der Waals surface area contributed by atoms with Gasteiger partial charge in [-0.05, 0) is 12.1 Å². The van der Waals surface area contributed by atoms with E-state index >= 15 is 0 Å². The lowest BCUT2D eigenvalue weighted by Crippen LogP contribution is -2.21. The molecule has 0 bridgehead atoms. The third-order valence-electron chi connectivity index (χ3n) is 2.17. The molecule has 0 radical (unpaired) electrons. The van der Waals surface area contributed by atoms with Crippen LogP contribution >= 0.6 is 0 Å². The van der Waals surface area contributed by atoms with Crippen molar-refractivity contribution in [3.63, 3.8) is 0 Å². The molecule has 16 heavy (non-hydrogen) atoms. The Labute approximate surface area is 91.3 Å². The van der Waals surface area contributed by atoms with E-state index in [1.165, 1.54) is 24.4 Å². The zero-order valence-electron chi connectivity index (χ0n) is 8.64.